The Morgan fingerprint density at radius 3 is 2.35 bits per heavy atom. The first-order valence-electron chi connectivity index (χ1n) is 11.7. The van der Waals surface area contributed by atoms with Crippen LogP contribution in [0.5, 0.6) is 0 Å². The highest BCUT2D eigenvalue weighted by molar-refractivity contribution is 7.13. The van der Waals surface area contributed by atoms with Gasteiger partial charge in [-0.05, 0) is 45.4 Å². The molecular weight excluding hydrogens is 452 g/mol. The van der Waals surface area contributed by atoms with E-state index in [1.807, 2.05) is 57.5 Å². The number of hydrogen-bond acceptors (Lipinski definition) is 7. The van der Waals surface area contributed by atoms with Gasteiger partial charge in [0.25, 0.3) is 0 Å². The average Bonchev–Trinajstić information content (AvgIpc) is 3.39. The number of aliphatic hydroxyl groups is 1. The van der Waals surface area contributed by atoms with Crippen LogP contribution in [0.4, 0.5) is 4.79 Å². The first-order valence-corrected chi connectivity index (χ1v) is 12.6. The monoisotopic (exact) mass is 492 g/mol. The largest absolute Gasteiger partial charge is 0.444 e. The molecule has 0 aliphatic carbocycles. The third-order valence-corrected chi connectivity index (χ3v) is 5.62. The van der Waals surface area contributed by atoms with E-state index >= 15 is 0 Å². The van der Waals surface area contributed by atoms with Crippen LogP contribution in [0.15, 0.2) is 29.8 Å². The van der Waals surface area contributed by atoms with Gasteiger partial charge in [-0.3, -0.25) is 9.69 Å². The summed E-state index contributed by atoms with van der Waals surface area (Å²) in [6, 6.07) is 7.20. The van der Waals surface area contributed by atoms with E-state index in [9.17, 15) is 14.7 Å². The van der Waals surface area contributed by atoms with Crippen LogP contribution >= 0.6 is 11.3 Å². The van der Waals surface area contributed by atoms with Gasteiger partial charge in [0, 0.05) is 13.0 Å². The fraction of sp³-hybridized carbons (Fsp3) is 0.560. The number of nitrogens with one attached hydrogen (secondary N) is 1. The number of rotatable bonds is 4. The summed E-state index contributed by atoms with van der Waals surface area (Å²) in [7, 11) is 0. The number of nitrogens with zero attached hydrogens (tertiary/aromatic N) is 2. The molecular formula is C25H40N4O4S. The Labute approximate surface area is 207 Å². The van der Waals surface area contributed by atoms with Crippen molar-refractivity contribution in [3.63, 3.8) is 0 Å². The molecule has 1 fully saturated rings. The van der Waals surface area contributed by atoms with Gasteiger partial charge in [-0.15, -0.1) is 11.3 Å². The van der Waals surface area contributed by atoms with Gasteiger partial charge in [-0.1, -0.05) is 45.0 Å². The van der Waals surface area contributed by atoms with Crippen molar-refractivity contribution in [1.29, 1.82) is 0 Å². The number of benzene rings is 1. The van der Waals surface area contributed by atoms with E-state index in [1.165, 1.54) is 4.90 Å². The van der Waals surface area contributed by atoms with Gasteiger partial charge in [-0.25, -0.2) is 9.78 Å². The number of aromatic nitrogens is 1. The Kier molecular flexibility index (Phi) is 12.2. The first kappa shape index (κ1) is 29.5. The summed E-state index contributed by atoms with van der Waals surface area (Å²) in [6.45, 7) is 14.4. The molecule has 0 spiro atoms. The molecule has 8 nitrogen and oxygen atoms in total. The molecule has 2 heterocycles. The van der Waals surface area contributed by atoms with Gasteiger partial charge in [0.05, 0.1) is 28.7 Å². The van der Waals surface area contributed by atoms with E-state index in [0.29, 0.717) is 6.54 Å². The standard InChI is InChI=1S/C21H27N3O4S.C2H7N.C2H6/c1-13-18(29-12-23-13)15-7-5-14(6-8-15)10-22-19(26)17-9-16(25)11-24(17)20(27)28-21(2,3)4;1-2-3;1-2/h5-8,12,16-17,25H,9-11H2,1-4H3,(H,22,26);2-3H2,1H3;1-2H3/t16-,17?;;/m1../s1. The summed E-state index contributed by atoms with van der Waals surface area (Å²) >= 11 is 1.60. The number of hydrogen-bond donors (Lipinski definition) is 3. The van der Waals surface area contributed by atoms with E-state index in [-0.39, 0.29) is 18.9 Å². The highest BCUT2D eigenvalue weighted by Gasteiger charge is 2.40. The quantitative estimate of drug-likeness (QED) is 0.592. The first-order chi connectivity index (χ1) is 16.1. The van der Waals surface area contributed by atoms with Gasteiger partial charge < -0.3 is 20.9 Å². The number of amides is 2. The summed E-state index contributed by atoms with van der Waals surface area (Å²) in [4.78, 5) is 31.8. The zero-order chi connectivity index (χ0) is 25.9. The molecule has 1 aromatic carbocycles. The molecule has 4 N–H and O–H groups in total. The van der Waals surface area contributed by atoms with Gasteiger partial charge in [0.15, 0.2) is 0 Å². The molecule has 0 bridgehead atoms. The van der Waals surface area contributed by atoms with Gasteiger partial charge in [0.2, 0.25) is 5.91 Å². The van der Waals surface area contributed by atoms with Crippen molar-refractivity contribution >= 4 is 23.3 Å². The van der Waals surface area contributed by atoms with Crippen LogP contribution in [0, 0.1) is 6.92 Å². The topological polar surface area (TPSA) is 118 Å². The van der Waals surface area contributed by atoms with E-state index in [0.717, 1.165) is 28.2 Å². The zero-order valence-electron chi connectivity index (χ0n) is 21.4. The molecule has 190 valence electrons. The average molecular weight is 493 g/mol. The molecule has 1 aliphatic rings. The Morgan fingerprint density at radius 1 is 1.26 bits per heavy atom. The number of carbonyl (C=O) groups excluding carboxylic acids is 2. The van der Waals surface area contributed by atoms with E-state index < -0.39 is 23.8 Å². The number of aliphatic hydroxyl groups excluding tert-OH is 1. The Morgan fingerprint density at radius 2 is 1.85 bits per heavy atom. The van der Waals surface area contributed by atoms with Crippen LogP contribution in [-0.4, -0.2) is 57.8 Å². The summed E-state index contributed by atoms with van der Waals surface area (Å²) < 4.78 is 5.36. The lowest BCUT2D eigenvalue weighted by atomic mass is 10.1. The van der Waals surface area contributed by atoms with Crippen LogP contribution in [-0.2, 0) is 16.1 Å². The normalized spacial score (nSPS) is 17.1. The highest BCUT2D eigenvalue weighted by Crippen LogP contribution is 2.27. The maximum absolute atomic E-state index is 12.7. The lowest BCUT2D eigenvalue weighted by molar-refractivity contribution is -0.125. The summed E-state index contributed by atoms with van der Waals surface area (Å²) in [5.41, 5.74) is 9.05. The molecule has 2 amide bonds. The predicted octanol–water partition coefficient (Wildman–Crippen LogP) is 4.10. The van der Waals surface area contributed by atoms with E-state index in [4.69, 9.17) is 10.5 Å². The van der Waals surface area contributed by atoms with Crippen molar-refractivity contribution in [3.8, 4) is 10.4 Å². The number of thiazole rings is 1. The summed E-state index contributed by atoms with van der Waals surface area (Å²) in [6.07, 6.45) is -1.12. The molecule has 3 rings (SSSR count). The van der Waals surface area contributed by atoms with Crippen LogP contribution < -0.4 is 11.1 Å². The van der Waals surface area contributed by atoms with E-state index in [1.54, 1.807) is 32.1 Å². The Balaban J connectivity index is 0.00000107. The number of likely N-dealkylation sites (tertiary alicyclic amines) is 1. The molecule has 2 aromatic rings. The second-order valence-electron chi connectivity index (χ2n) is 8.63. The SMILES string of the molecule is CC.CCN.Cc1ncsc1-c1ccc(CNC(=O)C2C[C@@H](O)CN2C(=O)OC(C)(C)C)cc1. The minimum atomic E-state index is -0.737. The van der Waals surface area contributed by atoms with Gasteiger partial charge in [0.1, 0.15) is 11.6 Å². The molecule has 0 saturated carbocycles. The van der Waals surface area contributed by atoms with Crippen molar-refractivity contribution in [2.24, 2.45) is 5.73 Å². The van der Waals surface area contributed by atoms with E-state index in [2.05, 4.69) is 10.3 Å². The molecule has 1 saturated heterocycles. The number of β-amino-alcohol motifs (C(OH)–C–C–N with tert-alkyl or cyclic N) is 1. The lowest BCUT2D eigenvalue weighted by Gasteiger charge is -2.27. The molecule has 9 heteroatoms. The molecule has 1 aromatic heterocycles. The fourth-order valence-corrected chi connectivity index (χ4v) is 4.06. The van der Waals surface area contributed by atoms with Crippen molar-refractivity contribution in [3.05, 3.63) is 41.0 Å². The zero-order valence-corrected chi connectivity index (χ0v) is 22.2. The highest BCUT2D eigenvalue weighted by atomic mass is 32.1. The Bertz CT molecular complexity index is 893. The van der Waals surface area contributed by atoms with Crippen molar-refractivity contribution in [2.45, 2.75) is 79.2 Å². The number of ether oxygens (including phenoxy) is 1. The second kappa shape index (κ2) is 14.0. The van der Waals surface area contributed by atoms with Crippen molar-refractivity contribution in [2.75, 3.05) is 13.1 Å². The van der Waals surface area contributed by atoms with Gasteiger partial charge in [-0.2, -0.15) is 0 Å². The van der Waals surface area contributed by atoms with Crippen LogP contribution in [0.3, 0.4) is 0 Å². The van der Waals surface area contributed by atoms with Crippen molar-refractivity contribution in [1.82, 2.24) is 15.2 Å². The fourth-order valence-electron chi connectivity index (χ4n) is 3.24. The second-order valence-corrected chi connectivity index (χ2v) is 9.48. The molecule has 1 aliphatic heterocycles. The molecule has 2 atom stereocenters. The minimum absolute atomic E-state index is 0.0932. The third-order valence-electron chi connectivity index (χ3n) is 4.64. The molecule has 34 heavy (non-hydrogen) atoms. The maximum Gasteiger partial charge on any atom is 0.411 e. The van der Waals surface area contributed by atoms with Crippen LogP contribution in [0.1, 0.15) is 59.2 Å². The third kappa shape index (κ3) is 9.04. The van der Waals surface area contributed by atoms with Gasteiger partial charge >= 0.3 is 6.09 Å². The van der Waals surface area contributed by atoms with Crippen molar-refractivity contribution < 1.29 is 19.4 Å². The van der Waals surface area contributed by atoms with Crippen LogP contribution in [0.25, 0.3) is 10.4 Å². The summed E-state index contributed by atoms with van der Waals surface area (Å²) in [5, 5.41) is 12.8. The number of aryl methyl sites for hydroxylation is 1. The maximum atomic E-state index is 12.7. The lowest BCUT2D eigenvalue weighted by Crippen LogP contribution is -2.47. The Hall–Kier alpha value is -2.49. The minimum Gasteiger partial charge on any atom is -0.444 e. The summed E-state index contributed by atoms with van der Waals surface area (Å²) in [5.74, 6) is -0.296. The number of carbonyl (C=O) groups is 2. The smallest absolute Gasteiger partial charge is 0.411 e. The molecule has 0 radical (unpaired) electrons. The predicted molar refractivity (Wildman–Crippen MR) is 138 cm³/mol. The molecule has 1 unspecified atom stereocenters. The number of nitrogens with two attached hydrogens (primary N) is 1. The van der Waals surface area contributed by atoms with Crippen LogP contribution in [0.2, 0.25) is 0 Å².